The van der Waals surface area contributed by atoms with E-state index in [4.69, 9.17) is 15.6 Å². The van der Waals surface area contributed by atoms with Crippen LogP contribution in [0, 0.1) is 0 Å². The predicted octanol–water partition coefficient (Wildman–Crippen LogP) is 0.217. The number of hydrogen-bond acceptors (Lipinski definition) is 6. The Morgan fingerprint density at radius 1 is 1.50 bits per heavy atom. The van der Waals surface area contributed by atoms with Gasteiger partial charge >= 0.3 is 0 Å². The van der Waals surface area contributed by atoms with E-state index >= 15 is 0 Å². The number of rotatable bonds is 3. The predicted molar refractivity (Wildman–Crippen MR) is 72.9 cm³/mol. The summed E-state index contributed by atoms with van der Waals surface area (Å²) in [5, 5.41) is 20.1. The number of aromatic nitrogens is 3. The number of nitrogens with two attached hydrogens (primary N) is 1. The Balaban J connectivity index is 2.11. The first kappa shape index (κ1) is 13.3. The molecule has 1 fully saturated rings. The molecule has 3 rings (SSSR count). The highest BCUT2D eigenvalue weighted by Gasteiger charge is 2.36. The maximum Gasteiger partial charge on any atom is 0.161 e. The van der Waals surface area contributed by atoms with Gasteiger partial charge in [-0.2, -0.15) is 0 Å². The van der Waals surface area contributed by atoms with Crippen molar-refractivity contribution in [3.63, 3.8) is 0 Å². The van der Waals surface area contributed by atoms with Gasteiger partial charge in [0.25, 0.3) is 0 Å². The van der Waals surface area contributed by atoms with Crippen LogP contribution >= 0.6 is 0 Å². The largest absolute Gasteiger partial charge is 0.394 e. The molecule has 2 aromatic heterocycles. The molecule has 4 N–H and O–H groups in total. The van der Waals surface area contributed by atoms with Crippen LogP contribution in [-0.4, -0.2) is 43.6 Å². The number of hydrogen-bond donors (Lipinski definition) is 3. The molecule has 7 nitrogen and oxygen atoms in total. The summed E-state index contributed by atoms with van der Waals surface area (Å²) < 4.78 is 7.46. The molecule has 108 valence electrons. The first-order valence-electron chi connectivity index (χ1n) is 6.70. The monoisotopic (exact) mass is 278 g/mol. The zero-order valence-corrected chi connectivity index (χ0v) is 11.2. The van der Waals surface area contributed by atoms with E-state index in [1.165, 1.54) is 6.33 Å². The zero-order chi connectivity index (χ0) is 14.3. The summed E-state index contributed by atoms with van der Waals surface area (Å²) in [7, 11) is 0. The van der Waals surface area contributed by atoms with Crippen molar-refractivity contribution in [2.45, 2.75) is 38.2 Å². The number of nitrogens with zero attached hydrogens (tertiary/aromatic N) is 3. The minimum atomic E-state index is -0.677. The molecule has 0 aliphatic carbocycles. The number of anilines is 1. The van der Waals surface area contributed by atoms with Gasteiger partial charge in [-0.25, -0.2) is 9.97 Å². The van der Waals surface area contributed by atoms with Crippen molar-refractivity contribution in [1.82, 2.24) is 14.5 Å². The summed E-state index contributed by atoms with van der Waals surface area (Å²) in [4.78, 5) is 8.27. The Bertz CT molecular complexity index is 627. The Labute approximate surface area is 116 Å². The third kappa shape index (κ3) is 1.94. The van der Waals surface area contributed by atoms with E-state index < -0.39 is 12.3 Å². The smallest absolute Gasteiger partial charge is 0.161 e. The van der Waals surface area contributed by atoms with Gasteiger partial charge in [0.15, 0.2) is 6.23 Å². The first-order chi connectivity index (χ1) is 9.65. The molecule has 1 aliphatic rings. The minimum absolute atomic E-state index is 0.107. The summed E-state index contributed by atoms with van der Waals surface area (Å²) in [6.07, 6.45) is 2.91. The van der Waals surface area contributed by atoms with E-state index in [1.807, 2.05) is 13.1 Å². The summed E-state index contributed by atoms with van der Waals surface area (Å²) >= 11 is 0. The van der Waals surface area contributed by atoms with Crippen molar-refractivity contribution < 1.29 is 14.9 Å². The molecule has 0 spiro atoms. The molecule has 0 unspecified atom stereocenters. The second kappa shape index (κ2) is 5.01. The van der Waals surface area contributed by atoms with Crippen LogP contribution in [0.1, 0.15) is 25.1 Å². The molecular formula is C13H18N4O3. The van der Waals surface area contributed by atoms with Crippen LogP contribution in [0.2, 0.25) is 0 Å². The second-order valence-electron chi connectivity index (χ2n) is 5.01. The highest BCUT2D eigenvalue weighted by atomic mass is 16.5. The number of aryl methyl sites for hydroxylation is 1. The Kier molecular flexibility index (Phi) is 3.33. The van der Waals surface area contributed by atoms with Crippen molar-refractivity contribution >= 4 is 16.9 Å². The van der Waals surface area contributed by atoms with Crippen molar-refractivity contribution in [3.05, 3.63) is 18.1 Å². The third-order valence-electron chi connectivity index (χ3n) is 3.74. The van der Waals surface area contributed by atoms with Gasteiger partial charge in [-0.15, -0.1) is 0 Å². The molecule has 3 heterocycles. The van der Waals surface area contributed by atoms with Crippen molar-refractivity contribution in [2.24, 2.45) is 0 Å². The van der Waals surface area contributed by atoms with E-state index in [2.05, 4.69) is 9.97 Å². The lowest BCUT2D eigenvalue weighted by molar-refractivity contribution is -0.0484. The Morgan fingerprint density at radius 2 is 2.30 bits per heavy atom. The van der Waals surface area contributed by atoms with Gasteiger partial charge in [0.05, 0.1) is 18.1 Å². The number of ether oxygens (including phenoxy) is 1. The first-order valence-corrected chi connectivity index (χ1v) is 6.70. The molecule has 2 aromatic rings. The molecule has 0 amide bonds. The number of nitrogen functional groups attached to an aromatic ring is 1. The normalized spacial score (nSPS) is 26.4. The molecule has 3 atom stereocenters. The van der Waals surface area contributed by atoms with Crippen molar-refractivity contribution in [2.75, 3.05) is 12.3 Å². The van der Waals surface area contributed by atoms with Gasteiger partial charge in [-0.1, -0.05) is 6.92 Å². The number of aliphatic hydroxyl groups is 2. The van der Waals surface area contributed by atoms with Gasteiger partial charge in [-0.05, 0) is 12.0 Å². The van der Waals surface area contributed by atoms with Crippen LogP contribution in [0.3, 0.4) is 0 Å². The summed E-state index contributed by atoms with van der Waals surface area (Å²) in [6, 6.07) is 0. The van der Waals surface area contributed by atoms with E-state index in [9.17, 15) is 5.11 Å². The van der Waals surface area contributed by atoms with Crippen LogP contribution < -0.4 is 5.73 Å². The second-order valence-corrected chi connectivity index (χ2v) is 5.01. The average molecular weight is 278 g/mol. The molecule has 0 saturated carbocycles. The Hall–Kier alpha value is -1.70. The lowest BCUT2D eigenvalue weighted by atomic mass is 10.2. The SMILES string of the molecule is CCc1cn([C@@H]2O[C@H](CO)C[C@H]2O)c2ncnc(N)c12. The molecule has 0 aromatic carbocycles. The minimum Gasteiger partial charge on any atom is -0.394 e. The van der Waals surface area contributed by atoms with E-state index in [-0.39, 0.29) is 12.7 Å². The fraction of sp³-hybridized carbons (Fsp3) is 0.538. The van der Waals surface area contributed by atoms with E-state index in [0.29, 0.717) is 17.9 Å². The van der Waals surface area contributed by atoms with Gasteiger partial charge in [0, 0.05) is 12.6 Å². The lowest BCUT2D eigenvalue weighted by Gasteiger charge is -2.17. The summed E-state index contributed by atoms with van der Waals surface area (Å²) in [5.74, 6) is 0.428. The summed E-state index contributed by atoms with van der Waals surface area (Å²) in [6.45, 7) is 1.92. The maximum absolute atomic E-state index is 10.1. The summed E-state index contributed by atoms with van der Waals surface area (Å²) in [5.41, 5.74) is 7.59. The van der Waals surface area contributed by atoms with Crippen LogP contribution in [0.4, 0.5) is 5.82 Å². The molecular weight excluding hydrogens is 260 g/mol. The molecule has 0 bridgehead atoms. The van der Waals surface area contributed by atoms with Gasteiger partial charge in [0.1, 0.15) is 23.9 Å². The fourth-order valence-electron chi connectivity index (χ4n) is 2.75. The van der Waals surface area contributed by atoms with Crippen LogP contribution in [0.15, 0.2) is 12.5 Å². The Morgan fingerprint density at radius 3 is 2.95 bits per heavy atom. The molecule has 7 heteroatoms. The van der Waals surface area contributed by atoms with Crippen LogP contribution in [0.5, 0.6) is 0 Å². The molecule has 0 radical (unpaired) electrons. The molecule has 1 aliphatic heterocycles. The van der Waals surface area contributed by atoms with Gasteiger partial charge in [-0.3, -0.25) is 0 Å². The fourth-order valence-corrected chi connectivity index (χ4v) is 2.75. The van der Waals surface area contributed by atoms with Crippen LogP contribution in [-0.2, 0) is 11.2 Å². The highest BCUT2D eigenvalue weighted by Crippen LogP contribution is 2.34. The zero-order valence-electron chi connectivity index (χ0n) is 11.2. The third-order valence-corrected chi connectivity index (χ3v) is 3.74. The van der Waals surface area contributed by atoms with Crippen LogP contribution in [0.25, 0.3) is 11.0 Å². The quantitative estimate of drug-likeness (QED) is 0.741. The van der Waals surface area contributed by atoms with Crippen molar-refractivity contribution in [3.8, 4) is 0 Å². The highest BCUT2D eigenvalue weighted by molar-refractivity contribution is 5.89. The topological polar surface area (TPSA) is 106 Å². The van der Waals surface area contributed by atoms with E-state index in [1.54, 1.807) is 4.57 Å². The van der Waals surface area contributed by atoms with Gasteiger partial charge < -0.3 is 25.3 Å². The standard InChI is InChI=1S/C13H18N4O3/c1-2-7-4-17(12-10(7)11(14)15-6-16-12)13-9(19)3-8(5-18)20-13/h4,6,8-9,13,18-19H,2-3,5H2,1H3,(H2,14,15,16)/t8-,9+,13+/m0/s1. The van der Waals surface area contributed by atoms with Crippen molar-refractivity contribution in [1.29, 1.82) is 0 Å². The molecule has 20 heavy (non-hydrogen) atoms. The average Bonchev–Trinajstić information content (AvgIpc) is 3.00. The van der Waals surface area contributed by atoms with E-state index in [0.717, 1.165) is 17.4 Å². The lowest BCUT2D eigenvalue weighted by Crippen LogP contribution is -2.19. The van der Waals surface area contributed by atoms with Gasteiger partial charge in [0.2, 0.25) is 0 Å². The maximum atomic E-state index is 10.1. The number of fused-ring (bicyclic) bond motifs is 1. The number of aliphatic hydroxyl groups excluding tert-OH is 2. The molecule has 1 saturated heterocycles.